The number of allylic oxidation sites excluding steroid dienone is 3. The van der Waals surface area contributed by atoms with Crippen molar-refractivity contribution in [1.82, 2.24) is 0 Å². The number of alkyl halides is 3. The van der Waals surface area contributed by atoms with Gasteiger partial charge >= 0.3 is 12.1 Å². The number of carbonyl (C=O) groups is 2. The zero-order valence-electron chi connectivity index (χ0n) is 13.4. The van der Waals surface area contributed by atoms with Crippen LogP contribution in [0.5, 0.6) is 0 Å². The highest BCUT2D eigenvalue weighted by Crippen LogP contribution is 2.54. The number of ketones is 1. The van der Waals surface area contributed by atoms with Crippen LogP contribution in [-0.2, 0) is 9.59 Å². The van der Waals surface area contributed by atoms with Crippen molar-refractivity contribution < 1.29 is 33.0 Å². The number of carbonyl (C=O) groups excluding carboxylic acids is 1. The highest BCUT2D eigenvalue weighted by atomic mass is 19.4. The second-order valence-corrected chi connectivity index (χ2v) is 6.66. The fourth-order valence-corrected chi connectivity index (χ4v) is 3.03. The van der Waals surface area contributed by atoms with E-state index in [2.05, 4.69) is 0 Å². The van der Waals surface area contributed by atoms with Gasteiger partial charge in [0.2, 0.25) is 0 Å². The fourth-order valence-electron chi connectivity index (χ4n) is 3.03. The van der Waals surface area contributed by atoms with Crippen LogP contribution in [0.1, 0.15) is 33.1 Å². The van der Waals surface area contributed by atoms with Crippen LogP contribution in [0.4, 0.5) is 13.2 Å². The molecular formula is C17H19F3O4. The topological polar surface area (TPSA) is 74.6 Å². The maximum atomic E-state index is 13.6. The maximum Gasteiger partial charge on any atom is 0.398 e. The minimum Gasteiger partial charge on any atom is -0.478 e. The van der Waals surface area contributed by atoms with Gasteiger partial charge in [0.25, 0.3) is 0 Å². The molecule has 0 bridgehead atoms. The summed E-state index contributed by atoms with van der Waals surface area (Å²) in [6.45, 7) is 2.08. The number of rotatable bonds is 4. The van der Waals surface area contributed by atoms with Gasteiger partial charge in [-0.3, -0.25) is 4.79 Å². The lowest BCUT2D eigenvalue weighted by molar-refractivity contribution is -0.261. The Kier molecular flexibility index (Phi) is 4.52. The quantitative estimate of drug-likeness (QED) is 0.607. The van der Waals surface area contributed by atoms with Gasteiger partial charge in [-0.05, 0) is 55.9 Å². The minimum atomic E-state index is -4.81. The highest BCUT2D eigenvalue weighted by Gasteiger charge is 2.65. The molecule has 2 N–H and O–H groups in total. The van der Waals surface area contributed by atoms with E-state index in [0.717, 1.165) is 38.0 Å². The van der Waals surface area contributed by atoms with Crippen LogP contribution in [0.3, 0.4) is 0 Å². The van der Waals surface area contributed by atoms with Crippen LogP contribution < -0.4 is 0 Å². The van der Waals surface area contributed by atoms with Gasteiger partial charge < -0.3 is 10.2 Å². The van der Waals surface area contributed by atoms with Crippen LogP contribution in [0.15, 0.2) is 35.5 Å². The van der Waals surface area contributed by atoms with Crippen LogP contribution in [0, 0.1) is 11.3 Å². The van der Waals surface area contributed by atoms with E-state index in [1.165, 1.54) is 13.0 Å². The van der Waals surface area contributed by atoms with Crippen molar-refractivity contribution in [3.05, 3.63) is 35.5 Å². The van der Waals surface area contributed by atoms with Crippen molar-refractivity contribution >= 4 is 11.8 Å². The normalized spacial score (nSPS) is 32.2. The van der Waals surface area contributed by atoms with Gasteiger partial charge in [0.15, 0.2) is 5.78 Å². The molecule has 0 saturated heterocycles. The number of carboxylic acid groups (broad SMARTS) is 1. The Morgan fingerprint density at radius 3 is 2.42 bits per heavy atom. The Morgan fingerprint density at radius 2 is 1.96 bits per heavy atom. The second kappa shape index (κ2) is 5.88. The molecule has 0 spiro atoms. The molecule has 1 saturated carbocycles. The van der Waals surface area contributed by atoms with E-state index in [1.54, 1.807) is 0 Å². The standard InChI is InChI=1S/C17H19F3O4/c1-10-7-13(21)9-15(2,17(18,19)20)16(10,24)6-5-12(8-14(22)23)11-3-4-11/h5-8,11,24H,3-4,9H2,1-2H3,(H,22,23)/b6-5+,12-8+. The fraction of sp³-hybridized carbons (Fsp3) is 0.529. The van der Waals surface area contributed by atoms with E-state index in [4.69, 9.17) is 5.11 Å². The average molecular weight is 344 g/mol. The van der Waals surface area contributed by atoms with E-state index in [-0.39, 0.29) is 11.5 Å². The number of halogens is 3. The molecule has 0 radical (unpaired) electrons. The molecule has 0 amide bonds. The summed E-state index contributed by atoms with van der Waals surface area (Å²) >= 11 is 0. The Bertz CT molecular complexity index is 655. The zero-order valence-corrected chi connectivity index (χ0v) is 13.4. The third kappa shape index (κ3) is 3.17. The van der Waals surface area contributed by atoms with Crippen molar-refractivity contribution in [3.8, 4) is 0 Å². The summed E-state index contributed by atoms with van der Waals surface area (Å²) in [5.74, 6) is -1.92. The minimum absolute atomic E-state index is 0.0207. The second-order valence-electron chi connectivity index (χ2n) is 6.66. The third-order valence-corrected chi connectivity index (χ3v) is 4.83. The number of hydrogen-bond donors (Lipinski definition) is 2. The molecule has 2 aliphatic rings. The monoisotopic (exact) mass is 344 g/mol. The van der Waals surface area contributed by atoms with Crippen LogP contribution in [0.25, 0.3) is 0 Å². The molecule has 2 atom stereocenters. The van der Waals surface area contributed by atoms with Crippen molar-refractivity contribution in [3.63, 3.8) is 0 Å². The molecule has 0 heterocycles. The van der Waals surface area contributed by atoms with E-state index in [0.29, 0.717) is 5.57 Å². The SMILES string of the molecule is CC1=CC(=O)CC(C)(C(F)(F)F)C1(O)/C=C/C(=C\C(=O)O)C1CC1. The predicted molar refractivity (Wildman–Crippen MR) is 80.1 cm³/mol. The molecular weight excluding hydrogens is 325 g/mol. The number of hydrogen-bond acceptors (Lipinski definition) is 3. The lowest BCUT2D eigenvalue weighted by Crippen LogP contribution is -2.57. The first kappa shape index (κ1) is 18.4. The van der Waals surface area contributed by atoms with Gasteiger partial charge in [0.05, 0.1) is 0 Å². The van der Waals surface area contributed by atoms with Crippen molar-refractivity contribution in [2.45, 2.75) is 44.9 Å². The molecule has 2 unspecified atom stereocenters. The van der Waals surface area contributed by atoms with Gasteiger partial charge in [-0.15, -0.1) is 0 Å². The van der Waals surface area contributed by atoms with Crippen LogP contribution in [-0.4, -0.2) is 33.7 Å². The Labute approximate surface area is 137 Å². The highest BCUT2D eigenvalue weighted by molar-refractivity contribution is 5.93. The van der Waals surface area contributed by atoms with Gasteiger partial charge in [0.1, 0.15) is 11.0 Å². The van der Waals surface area contributed by atoms with E-state index in [1.807, 2.05) is 0 Å². The van der Waals surface area contributed by atoms with Gasteiger partial charge in [-0.1, -0.05) is 6.08 Å². The largest absolute Gasteiger partial charge is 0.478 e. The number of carboxylic acids is 1. The Morgan fingerprint density at radius 1 is 1.38 bits per heavy atom. The first-order chi connectivity index (χ1) is 10.9. The molecule has 4 nitrogen and oxygen atoms in total. The summed E-state index contributed by atoms with van der Waals surface area (Å²) in [6, 6.07) is 0. The summed E-state index contributed by atoms with van der Waals surface area (Å²) in [5.41, 5.74) is -4.83. The van der Waals surface area contributed by atoms with E-state index < -0.39 is 35.4 Å². The Hall–Kier alpha value is -1.89. The zero-order chi connectivity index (χ0) is 18.3. The first-order valence-corrected chi connectivity index (χ1v) is 7.55. The lowest BCUT2D eigenvalue weighted by Gasteiger charge is -2.46. The Balaban J connectivity index is 2.50. The molecule has 2 aliphatic carbocycles. The lowest BCUT2D eigenvalue weighted by atomic mass is 9.62. The molecule has 2 rings (SSSR count). The molecule has 7 heteroatoms. The van der Waals surface area contributed by atoms with E-state index in [9.17, 15) is 27.9 Å². The molecule has 0 aliphatic heterocycles. The van der Waals surface area contributed by atoms with Crippen LogP contribution >= 0.6 is 0 Å². The van der Waals surface area contributed by atoms with Gasteiger partial charge in [0, 0.05) is 12.5 Å². The summed E-state index contributed by atoms with van der Waals surface area (Å²) in [7, 11) is 0. The molecule has 0 aromatic carbocycles. The number of aliphatic carboxylic acids is 1. The third-order valence-electron chi connectivity index (χ3n) is 4.83. The summed E-state index contributed by atoms with van der Waals surface area (Å²) in [4.78, 5) is 22.5. The number of aliphatic hydroxyl groups is 1. The average Bonchev–Trinajstić information content (AvgIpc) is 3.23. The first-order valence-electron chi connectivity index (χ1n) is 7.55. The molecule has 1 fully saturated rings. The van der Waals surface area contributed by atoms with Crippen molar-refractivity contribution in [2.75, 3.05) is 0 Å². The van der Waals surface area contributed by atoms with Crippen molar-refractivity contribution in [1.29, 1.82) is 0 Å². The van der Waals surface area contributed by atoms with E-state index >= 15 is 0 Å². The molecule has 24 heavy (non-hydrogen) atoms. The maximum absolute atomic E-state index is 13.6. The summed E-state index contributed by atoms with van der Waals surface area (Å²) in [5, 5.41) is 19.7. The molecule has 0 aromatic heterocycles. The molecule has 132 valence electrons. The van der Waals surface area contributed by atoms with Gasteiger partial charge in [-0.2, -0.15) is 13.2 Å². The van der Waals surface area contributed by atoms with Gasteiger partial charge in [-0.25, -0.2) is 4.79 Å². The molecule has 0 aromatic rings. The van der Waals surface area contributed by atoms with Crippen LogP contribution in [0.2, 0.25) is 0 Å². The smallest absolute Gasteiger partial charge is 0.398 e. The summed E-state index contributed by atoms with van der Waals surface area (Å²) < 4.78 is 40.8. The summed E-state index contributed by atoms with van der Waals surface area (Å²) in [6.07, 6.45) is 0.000851. The predicted octanol–water partition coefficient (Wildman–Crippen LogP) is 3.18. The van der Waals surface area contributed by atoms with Crippen molar-refractivity contribution in [2.24, 2.45) is 11.3 Å².